The van der Waals surface area contributed by atoms with E-state index in [2.05, 4.69) is 25.9 Å². The lowest BCUT2D eigenvalue weighted by Gasteiger charge is -2.25. The third kappa shape index (κ3) is 17.5. The summed E-state index contributed by atoms with van der Waals surface area (Å²) in [7, 11) is 0. The van der Waals surface area contributed by atoms with Gasteiger partial charge in [-0.15, -0.1) is 0 Å². The van der Waals surface area contributed by atoms with Crippen LogP contribution in [-0.2, 0) is 28.8 Å². The predicted molar refractivity (Wildman–Crippen MR) is 148 cm³/mol. The lowest BCUT2D eigenvalue weighted by molar-refractivity contribution is -0.142. The maximum absolute atomic E-state index is 13.1. The first-order chi connectivity index (χ1) is 19.1. The summed E-state index contributed by atoms with van der Waals surface area (Å²) in [5.41, 5.74) is 37.1. The second-order valence-electron chi connectivity index (χ2n) is 9.04. The maximum Gasteiger partial charge on any atom is 0.326 e. The van der Waals surface area contributed by atoms with Crippen LogP contribution in [0, 0.1) is 0 Å². The molecule has 0 aliphatic rings. The smallest absolute Gasteiger partial charge is 0.326 e. The Hall–Kier alpha value is -4.68. The molecule has 5 amide bonds. The fraction of sp³-hybridized carbons (Fsp3) is 0.636. The second kappa shape index (κ2) is 19.4. The Labute approximate surface area is 236 Å². The van der Waals surface area contributed by atoms with Gasteiger partial charge in [-0.1, -0.05) is 0 Å². The third-order valence-corrected chi connectivity index (χ3v) is 5.49. The first-order valence-electron chi connectivity index (χ1n) is 12.7. The molecule has 19 heteroatoms. The molecule has 0 bridgehead atoms. The lowest BCUT2D eigenvalue weighted by Crippen LogP contribution is -2.57. The van der Waals surface area contributed by atoms with Crippen LogP contribution in [0.15, 0.2) is 9.98 Å². The fourth-order valence-corrected chi connectivity index (χ4v) is 3.34. The van der Waals surface area contributed by atoms with E-state index in [-0.39, 0.29) is 76.4 Å². The summed E-state index contributed by atoms with van der Waals surface area (Å²) < 4.78 is 0. The first-order valence-corrected chi connectivity index (χ1v) is 12.7. The number of nitrogens with zero attached hydrogens (tertiary/aromatic N) is 2. The van der Waals surface area contributed by atoms with Crippen LogP contribution in [-0.4, -0.2) is 89.8 Å². The summed E-state index contributed by atoms with van der Waals surface area (Å²) in [6, 6.07) is -5.16. The Morgan fingerprint density at radius 1 is 0.585 bits per heavy atom. The predicted octanol–water partition coefficient (Wildman–Crippen LogP) is -5.51. The number of rotatable bonds is 21. The van der Waals surface area contributed by atoms with Crippen molar-refractivity contribution in [2.45, 2.75) is 75.5 Å². The van der Waals surface area contributed by atoms with Crippen LogP contribution >= 0.6 is 0 Å². The van der Waals surface area contributed by atoms with Gasteiger partial charge in [0.05, 0.1) is 6.04 Å². The summed E-state index contributed by atoms with van der Waals surface area (Å²) >= 11 is 0. The molecule has 0 aromatic rings. The van der Waals surface area contributed by atoms with E-state index in [0.717, 1.165) is 0 Å². The van der Waals surface area contributed by atoms with Gasteiger partial charge in [0.2, 0.25) is 29.5 Å². The molecule has 0 radical (unpaired) electrons. The van der Waals surface area contributed by atoms with E-state index >= 15 is 0 Å². The molecule has 41 heavy (non-hydrogen) atoms. The van der Waals surface area contributed by atoms with Crippen molar-refractivity contribution in [1.82, 2.24) is 16.0 Å². The molecule has 19 nitrogen and oxygen atoms in total. The van der Waals surface area contributed by atoms with Crippen molar-refractivity contribution in [3.63, 3.8) is 0 Å². The SMILES string of the molecule is NC(=O)CCC(N)C(=O)NC(CCC(N)=O)C(=O)NC(CCCN=C(N)N)C(=O)NC(CCCN=C(N)N)C(=O)O. The minimum Gasteiger partial charge on any atom is -0.480 e. The van der Waals surface area contributed by atoms with Crippen molar-refractivity contribution in [3.05, 3.63) is 0 Å². The van der Waals surface area contributed by atoms with Crippen LogP contribution in [0.5, 0.6) is 0 Å². The minimum absolute atomic E-state index is 0.0208. The molecule has 4 unspecified atom stereocenters. The normalized spacial score (nSPS) is 13.4. The fourth-order valence-electron chi connectivity index (χ4n) is 3.34. The number of aliphatic carboxylic acids is 1. The van der Waals surface area contributed by atoms with Crippen LogP contribution in [0.1, 0.15) is 51.4 Å². The number of carboxylic acid groups (broad SMARTS) is 1. The Morgan fingerprint density at radius 3 is 1.41 bits per heavy atom. The average molecular weight is 587 g/mol. The minimum atomic E-state index is -1.35. The highest BCUT2D eigenvalue weighted by atomic mass is 16.4. The number of amides is 5. The van der Waals surface area contributed by atoms with Gasteiger partial charge >= 0.3 is 5.97 Å². The molecule has 0 aliphatic heterocycles. The molecular weight excluding hydrogens is 544 g/mol. The molecule has 18 N–H and O–H groups in total. The van der Waals surface area contributed by atoms with Gasteiger partial charge in [0.1, 0.15) is 18.1 Å². The molecule has 0 rings (SSSR count). The Kier molecular flexibility index (Phi) is 17.2. The molecule has 0 aromatic heterocycles. The van der Waals surface area contributed by atoms with E-state index in [1.807, 2.05) is 0 Å². The highest BCUT2D eigenvalue weighted by Gasteiger charge is 2.30. The molecular formula is C22H42N12O7. The first kappa shape index (κ1) is 36.3. The van der Waals surface area contributed by atoms with E-state index in [1.165, 1.54) is 0 Å². The quantitative estimate of drug-likeness (QED) is 0.0341. The lowest BCUT2D eigenvalue weighted by atomic mass is 10.0. The van der Waals surface area contributed by atoms with Crippen molar-refractivity contribution >= 4 is 47.4 Å². The van der Waals surface area contributed by atoms with Crippen molar-refractivity contribution in [1.29, 1.82) is 0 Å². The standard InChI is InChI=1S/C22H42N12O7/c23-11(5-7-15(24)35)17(37)32-13(6-8-16(25)36)19(39)33-12(3-1-9-30-21(26)27)18(38)34-14(20(40)41)4-2-10-31-22(28)29/h11-14H,1-10,23H2,(H2,24,35)(H2,25,36)(H,32,37)(H,33,39)(H,34,38)(H,40,41)(H4,26,27,30)(H4,28,29,31). The zero-order chi connectivity index (χ0) is 31.5. The zero-order valence-electron chi connectivity index (χ0n) is 22.7. The average Bonchev–Trinajstić information content (AvgIpc) is 2.87. The van der Waals surface area contributed by atoms with Gasteiger partial charge in [0.25, 0.3) is 0 Å². The van der Waals surface area contributed by atoms with E-state index in [9.17, 15) is 33.9 Å². The van der Waals surface area contributed by atoms with Gasteiger partial charge in [-0.2, -0.15) is 0 Å². The van der Waals surface area contributed by atoms with E-state index < -0.39 is 59.7 Å². The third-order valence-electron chi connectivity index (χ3n) is 5.49. The molecule has 0 fully saturated rings. The van der Waals surface area contributed by atoms with Gasteiger partial charge < -0.3 is 61.2 Å². The van der Waals surface area contributed by atoms with Crippen LogP contribution in [0.2, 0.25) is 0 Å². The summed E-state index contributed by atoms with van der Waals surface area (Å²) in [6.45, 7) is 0.225. The van der Waals surface area contributed by atoms with Gasteiger partial charge in [-0.25, -0.2) is 4.79 Å². The van der Waals surface area contributed by atoms with E-state index in [0.29, 0.717) is 0 Å². The van der Waals surface area contributed by atoms with Crippen LogP contribution < -0.4 is 56.1 Å². The molecule has 232 valence electrons. The summed E-state index contributed by atoms with van der Waals surface area (Å²) in [5.74, 6) is -5.64. The molecule has 0 saturated heterocycles. The Morgan fingerprint density at radius 2 is 0.976 bits per heavy atom. The summed E-state index contributed by atoms with van der Waals surface area (Å²) in [6.07, 6.45) is -0.422. The van der Waals surface area contributed by atoms with Gasteiger partial charge in [0, 0.05) is 25.9 Å². The highest BCUT2D eigenvalue weighted by molar-refractivity contribution is 5.94. The number of aliphatic imine (C=N–C) groups is 2. The Bertz CT molecular complexity index is 980. The summed E-state index contributed by atoms with van der Waals surface area (Å²) in [5, 5.41) is 16.7. The van der Waals surface area contributed by atoms with E-state index in [1.54, 1.807) is 0 Å². The van der Waals surface area contributed by atoms with Crippen molar-refractivity contribution in [2.75, 3.05) is 13.1 Å². The number of guanidine groups is 2. The van der Waals surface area contributed by atoms with Crippen molar-refractivity contribution < 1.29 is 33.9 Å². The molecule has 0 aliphatic carbocycles. The topological polar surface area (TPSA) is 366 Å². The molecule has 0 spiro atoms. The Balaban J connectivity index is 5.72. The van der Waals surface area contributed by atoms with Crippen molar-refractivity contribution in [2.24, 2.45) is 50.1 Å². The number of nitrogens with two attached hydrogens (primary N) is 7. The number of carboxylic acids is 1. The second-order valence-corrected chi connectivity index (χ2v) is 9.04. The number of hydrogen-bond donors (Lipinski definition) is 11. The maximum atomic E-state index is 13.1. The molecule has 0 saturated carbocycles. The number of carbonyl (C=O) groups excluding carboxylic acids is 5. The summed E-state index contributed by atoms with van der Waals surface area (Å²) in [4.78, 5) is 80.3. The highest BCUT2D eigenvalue weighted by Crippen LogP contribution is 2.06. The van der Waals surface area contributed by atoms with Crippen molar-refractivity contribution in [3.8, 4) is 0 Å². The van der Waals surface area contributed by atoms with Gasteiger partial charge in [-0.3, -0.25) is 34.0 Å². The largest absolute Gasteiger partial charge is 0.480 e. The van der Waals surface area contributed by atoms with E-state index in [4.69, 9.17) is 40.1 Å². The molecule has 0 heterocycles. The molecule has 4 atom stereocenters. The zero-order valence-corrected chi connectivity index (χ0v) is 22.7. The molecule has 0 aromatic carbocycles. The number of hydrogen-bond acceptors (Lipinski definition) is 9. The van der Waals surface area contributed by atoms with Gasteiger partial charge in [0.15, 0.2) is 11.9 Å². The van der Waals surface area contributed by atoms with Gasteiger partial charge in [-0.05, 0) is 38.5 Å². The van der Waals surface area contributed by atoms with Crippen LogP contribution in [0.3, 0.4) is 0 Å². The number of carbonyl (C=O) groups is 6. The van der Waals surface area contributed by atoms with Crippen LogP contribution in [0.4, 0.5) is 0 Å². The van der Waals surface area contributed by atoms with Crippen LogP contribution in [0.25, 0.3) is 0 Å². The number of primary amides is 2. The number of nitrogens with one attached hydrogen (secondary N) is 3. The monoisotopic (exact) mass is 586 g/mol.